The van der Waals surface area contributed by atoms with Crippen LogP contribution in [0.25, 0.3) is 5.69 Å². The first-order valence-corrected chi connectivity index (χ1v) is 7.66. The summed E-state index contributed by atoms with van der Waals surface area (Å²) < 4.78 is 1.88. The summed E-state index contributed by atoms with van der Waals surface area (Å²) in [6.45, 7) is 2.34. The SMILES string of the molecule is CC1CCC(Nc2cc(Cl)ccc2-n2cccn2)CC1. The zero-order valence-corrected chi connectivity index (χ0v) is 12.5. The van der Waals surface area contributed by atoms with Crippen LogP contribution in [0.2, 0.25) is 5.02 Å². The van der Waals surface area contributed by atoms with Gasteiger partial charge in [0, 0.05) is 23.5 Å². The van der Waals surface area contributed by atoms with Gasteiger partial charge in [0.05, 0.1) is 11.4 Å². The van der Waals surface area contributed by atoms with E-state index >= 15 is 0 Å². The number of halogens is 1. The number of nitrogens with one attached hydrogen (secondary N) is 1. The molecule has 0 bridgehead atoms. The van der Waals surface area contributed by atoms with E-state index < -0.39 is 0 Å². The van der Waals surface area contributed by atoms with Gasteiger partial charge in [-0.2, -0.15) is 5.10 Å². The van der Waals surface area contributed by atoms with Crippen LogP contribution in [0, 0.1) is 5.92 Å². The Bertz CT molecular complexity index is 557. The topological polar surface area (TPSA) is 29.9 Å². The van der Waals surface area contributed by atoms with Crippen LogP contribution in [0.4, 0.5) is 5.69 Å². The Morgan fingerprint density at radius 3 is 2.75 bits per heavy atom. The summed E-state index contributed by atoms with van der Waals surface area (Å²) in [5.74, 6) is 0.859. The first-order chi connectivity index (χ1) is 9.72. The van der Waals surface area contributed by atoms with Gasteiger partial charge in [0.1, 0.15) is 0 Å². The van der Waals surface area contributed by atoms with E-state index in [1.807, 2.05) is 35.1 Å². The predicted molar refractivity (Wildman–Crippen MR) is 83.6 cm³/mol. The van der Waals surface area contributed by atoms with Crippen molar-refractivity contribution in [1.29, 1.82) is 0 Å². The van der Waals surface area contributed by atoms with Crippen LogP contribution in [0.15, 0.2) is 36.7 Å². The van der Waals surface area contributed by atoms with Gasteiger partial charge in [-0.1, -0.05) is 18.5 Å². The third-order valence-electron chi connectivity index (χ3n) is 4.09. The molecule has 0 spiro atoms. The standard InChI is InChI=1S/C16H20ClN3/c1-12-3-6-14(7-4-12)19-15-11-13(17)5-8-16(15)20-10-2-9-18-20/h2,5,8-12,14,19H,3-4,6-7H2,1H3. The van der Waals surface area contributed by atoms with Crippen molar-refractivity contribution in [3.05, 3.63) is 41.7 Å². The zero-order valence-electron chi connectivity index (χ0n) is 11.7. The molecule has 0 unspecified atom stereocenters. The lowest BCUT2D eigenvalue weighted by Gasteiger charge is -2.28. The van der Waals surface area contributed by atoms with Crippen LogP contribution < -0.4 is 5.32 Å². The Balaban J connectivity index is 1.83. The molecule has 1 saturated carbocycles. The number of rotatable bonds is 3. The van der Waals surface area contributed by atoms with E-state index in [2.05, 4.69) is 17.3 Å². The van der Waals surface area contributed by atoms with Crippen LogP contribution >= 0.6 is 11.6 Å². The maximum absolute atomic E-state index is 6.15. The summed E-state index contributed by atoms with van der Waals surface area (Å²) in [6.07, 6.45) is 8.81. The monoisotopic (exact) mass is 289 g/mol. The highest BCUT2D eigenvalue weighted by Gasteiger charge is 2.19. The molecule has 0 atom stereocenters. The molecule has 1 aromatic carbocycles. The second-order valence-electron chi connectivity index (χ2n) is 5.71. The minimum Gasteiger partial charge on any atom is -0.381 e. The fraction of sp³-hybridized carbons (Fsp3) is 0.438. The lowest BCUT2D eigenvalue weighted by molar-refractivity contribution is 0.361. The quantitative estimate of drug-likeness (QED) is 0.900. The van der Waals surface area contributed by atoms with E-state index in [1.54, 1.807) is 6.20 Å². The lowest BCUT2D eigenvalue weighted by atomic mass is 9.87. The predicted octanol–water partition coefficient (Wildman–Crippen LogP) is 4.52. The highest BCUT2D eigenvalue weighted by atomic mass is 35.5. The summed E-state index contributed by atoms with van der Waals surface area (Å²) in [5.41, 5.74) is 2.12. The van der Waals surface area contributed by atoms with E-state index in [-0.39, 0.29) is 0 Å². The van der Waals surface area contributed by atoms with Gasteiger partial charge in [0.25, 0.3) is 0 Å². The molecule has 1 heterocycles. The Hall–Kier alpha value is -1.48. The molecule has 2 aromatic rings. The molecule has 0 aliphatic heterocycles. The lowest BCUT2D eigenvalue weighted by Crippen LogP contribution is -2.25. The molecule has 1 N–H and O–H groups in total. The first kappa shape index (κ1) is 13.5. The summed E-state index contributed by atoms with van der Waals surface area (Å²) in [4.78, 5) is 0. The van der Waals surface area contributed by atoms with Crippen molar-refractivity contribution >= 4 is 17.3 Å². The number of hydrogen-bond donors (Lipinski definition) is 1. The fourth-order valence-electron chi connectivity index (χ4n) is 2.86. The van der Waals surface area contributed by atoms with Crippen molar-refractivity contribution in [1.82, 2.24) is 9.78 Å². The van der Waals surface area contributed by atoms with E-state index in [4.69, 9.17) is 11.6 Å². The maximum Gasteiger partial charge on any atom is 0.0877 e. The molecule has 4 heteroatoms. The molecule has 0 amide bonds. The molecule has 3 nitrogen and oxygen atoms in total. The van der Waals surface area contributed by atoms with Gasteiger partial charge >= 0.3 is 0 Å². The summed E-state index contributed by atoms with van der Waals surface area (Å²) >= 11 is 6.15. The number of nitrogens with zero attached hydrogens (tertiary/aromatic N) is 2. The second kappa shape index (κ2) is 5.88. The van der Waals surface area contributed by atoms with Crippen LogP contribution in [0.5, 0.6) is 0 Å². The van der Waals surface area contributed by atoms with Crippen LogP contribution in [-0.2, 0) is 0 Å². The molecule has 0 radical (unpaired) electrons. The third-order valence-corrected chi connectivity index (χ3v) is 4.32. The summed E-state index contributed by atoms with van der Waals surface area (Å²) in [5, 5.41) is 8.73. The van der Waals surface area contributed by atoms with Gasteiger partial charge in [-0.15, -0.1) is 0 Å². The van der Waals surface area contributed by atoms with E-state index in [1.165, 1.54) is 25.7 Å². The molecular formula is C16H20ClN3. The van der Waals surface area contributed by atoms with Crippen molar-refractivity contribution in [2.75, 3.05) is 5.32 Å². The molecular weight excluding hydrogens is 270 g/mol. The van der Waals surface area contributed by atoms with Gasteiger partial charge < -0.3 is 5.32 Å². The molecule has 3 rings (SSSR count). The Kier molecular flexibility index (Phi) is 3.97. The zero-order chi connectivity index (χ0) is 13.9. The number of aromatic nitrogens is 2. The van der Waals surface area contributed by atoms with E-state index in [9.17, 15) is 0 Å². The maximum atomic E-state index is 6.15. The second-order valence-corrected chi connectivity index (χ2v) is 6.15. The summed E-state index contributed by atoms with van der Waals surface area (Å²) in [6, 6.07) is 8.39. The van der Waals surface area contributed by atoms with Crippen LogP contribution in [0.3, 0.4) is 0 Å². The van der Waals surface area contributed by atoms with Crippen molar-refractivity contribution in [3.63, 3.8) is 0 Å². The van der Waals surface area contributed by atoms with Gasteiger partial charge in [-0.05, 0) is 55.9 Å². The summed E-state index contributed by atoms with van der Waals surface area (Å²) in [7, 11) is 0. The van der Waals surface area contributed by atoms with E-state index in [0.717, 1.165) is 22.3 Å². The molecule has 0 saturated heterocycles. The molecule has 1 aliphatic rings. The molecule has 1 fully saturated rings. The van der Waals surface area contributed by atoms with Gasteiger partial charge in [-0.25, -0.2) is 4.68 Å². The average molecular weight is 290 g/mol. The van der Waals surface area contributed by atoms with Crippen LogP contribution in [-0.4, -0.2) is 15.8 Å². The number of hydrogen-bond acceptors (Lipinski definition) is 2. The number of anilines is 1. The largest absolute Gasteiger partial charge is 0.381 e. The van der Waals surface area contributed by atoms with Crippen LogP contribution in [0.1, 0.15) is 32.6 Å². The molecule has 1 aliphatic carbocycles. The third kappa shape index (κ3) is 2.98. The van der Waals surface area contributed by atoms with Gasteiger partial charge in [0.2, 0.25) is 0 Å². The van der Waals surface area contributed by atoms with Crippen molar-refractivity contribution in [3.8, 4) is 5.69 Å². The van der Waals surface area contributed by atoms with E-state index in [0.29, 0.717) is 6.04 Å². The first-order valence-electron chi connectivity index (χ1n) is 7.28. The average Bonchev–Trinajstić information content (AvgIpc) is 2.95. The highest BCUT2D eigenvalue weighted by Crippen LogP contribution is 2.30. The van der Waals surface area contributed by atoms with Gasteiger partial charge in [-0.3, -0.25) is 0 Å². The fourth-order valence-corrected chi connectivity index (χ4v) is 3.03. The minimum atomic E-state index is 0.541. The Labute approximate surface area is 124 Å². The Morgan fingerprint density at radius 2 is 2.05 bits per heavy atom. The minimum absolute atomic E-state index is 0.541. The van der Waals surface area contributed by atoms with Crippen molar-refractivity contribution in [2.24, 2.45) is 5.92 Å². The molecule has 106 valence electrons. The highest BCUT2D eigenvalue weighted by molar-refractivity contribution is 6.31. The van der Waals surface area contributed by atoms with Gasteiger partial charge in [0.15, 0.2) is 0 Å². The van der Waals surface area contributed by atoms with Crippen molar-refractivity contribution in [2.45, 2.75) is 38.6 Å². The molecule has 1 aromatic heterocycles. The Morgan fingerprint density at radius 1 is 1.25 bits per heavy atom. The normalized spacial score (nSPS) is 22.7. The molecule has 20 heavy (non-hydrogen) atoms. The number of benzene rings is 1. The van der Waals surface area contributed by atoms with Crippen molar-refractivity contribution < 1.29 is 0 Å². The smallest absolute Gasteiger partial charge is 0.0877 e.